The molecule has 3 N–H and O–H groups in total. The second kappa shape index (κ2) is 26.8. The van der Waals surface area contributed by atoms with Crippen LogP contribution in [0.5, 0.6) is 0 Å². The molecule has 3 nitrogen and oxygen atoms in total. The van der Waals surface area contributed by atoms with Gasteiger partial charge in [-0.25, -0.2) is 0 Å². The van der Waals surface area contributed by atoms with Crippen LogP contribution in [0.2, 0.25) is 0 Å². The third-order valence-electron chi connectivity index (χ3n) is 4.90. The van der Waals surface area contributed by atoms with Crippen LogP contribution in [-0.2, 0) is 0 Å². The van der Waals surface area contributed by atoms with Crippen molar-refractivity contribution in [1.29, 1.82) is 0 Å². The summed E-state index contributed by atoms with van der Waals surface area (Å²) in [6.45, 7) is 19.6. The zero-order valence-corrected chi connectivity index (χ0v) is 23.4. The Hall–Kier alpha value is -1.42. The Labute approximate surface area is 206 Å². The molecular weight excluding hydrogens is 408 g/mol. The first-order valence-electron chi connectivity index (χ1n) is 12.5. The van der Waals surface area contributed by atoms with Crippen LogP contribution in [0.4, 0.5) is 0 Å². The molecule has 0 heterocycles. The largest absolute Gasteiger partial charge is 0.396 e. The van der Waals surface area contributed by atoms with Gasteiger partial charge in [-0.2, -0.15) is 0 Å². The van der Waals surface area contributed by atoms with Crippen LogP contribution in [0.15, 0.2) is 58.2 Å². The predicted molar refractivity (Wildman–Crippen MR) is 149 cm³/mol. The van der Waals surface area contributed by atoms with Gasteiger partial charge in [0.1, 0.15) is 0 Å². The molecule has 0 aliphatic heterocycles. The molecule has 0 spiro atoms. The summed E-state index contributed by atoms with van der Waals surface area (Å²) < 4.78 is 0. The average molecular weight is 465 g/mol. The summed E-state index contributed by atoms with van der Waals surface area (Å²) in [4.78, 5) is 0. The molecule has 0 saturated carbocycles. The summed E-state index contributed by atoms with van der Waals surface area (Å²) in [5.74, 6) is 0.663. The fraction of sp³-hybridized carbons (Fsp3) is 0.667. The van der Waals surface area contributed by atoms with E-state index < -0.39 is 0 Å². The van der Waals surface area contributed by atoms with Gasteiger partial charge < -0.3 is 15.3 Å². The van der Waals surface area contributed by atoms with Crippen molar-refractivity contribution in [3.63, 3.8) is 0 Å². The second-order valence-electron chi connectivity index (χ2n) is 9.58. The highest BCUT2D eigenvalue weighted by molar-refractivity contribution is 5.02. The first-order valence-corrected chi connectivity index (χ1v) is 12.5. The molecule has 1 atom stereocenters. The van der Waals surface area contributed by atoms with Crippen LogP contribution >= 0.6 is 0 Å². The summed E-state index contributed by atoms with van der Waals surface area (Å²) in [7, 11) is 0. The molecule has 0 rings (SSSR count). The van der Waals surface area contributed by atoms with Crippen molar-refractivity contribution in [2.45, 2.75) is 107 Å². The number of aliphatic hydroxyl groups is 3. The normalized spacial score (nSPS) is 11.9. The van der Waals surface area contributed by atoms with E-state index in [1.54, 1.807) is 0 Å². The zero-order chi connectivity index (χ0) is 26.1. The van der Waals surface area contributed by atoms with Crippen molar-refractivity contribution in [1.82, 2.24) is 0 Å². The number of rotatable bonds is 13. The quantitative estimate of drug-likeness (QED) is 0.241. The van der Waals surface area contributed by atoms with Crippen LogP contribution in [-0.4, -0.2) is 35.1 Å². The molecule has 0 fully saturated rings. The van der Waals surface area contributed by atoms with Gasteiger partial charge in [0.05, 0.1) is 13.2 Å². The van der Waals surface area contributed by atoms with Crippen molar-refractivity contribution in [3.8, 4) is 0 Å². The van der Waals surface area contributed by atoms with Gasteiger partial charge in [0.25, 0.3) is 0 Å². The number of aliphatic hydroxyl groups excluding tert-OH is 3. The maximum absolute atomic E-state index is 8.63. The van der Waals surface area contributed by atoms with Gasteiger partial charge >= 0.3 is 0 Å². The van der Waals surface area contributed by atoms with Gasteiger partial charge in [0.15, 0.2) is 0 Å². The summed E-state index contributed by atoms with van der Waals surface area (Å²) in [6.07, 6.45) is 18.0. The van der Waals surface area contributed by atoms with Gasteiger partial charge in [-0.3, -0.25) is 0 Å². The van der Waals surface area contributed by atoms with Crippen molar-refractivity contribution in [2.24, 2.45) is 5.92 Å². The third kappa shape index (κ3) is 38.2. The van der Waals surface area contributed by atoms with E-state index in [1.165, 1.54) is 34.3 Å². The average Bonchev–Trinajstić information content (AvgIpc) is 2.69. The third-order valence-corrected chi connectivity index (χ3v) is 4.90. The van der Waals surface area contributed by atoms with E-state index in [0.29, 0.717) is 12.5 Å². The van der Waals surface area contributed by atoms with Gasteiger partial charge in [0.2, 0.25) is 0 Å². The van der Waals surface area contributed by atoms with Gasteiger partial charge in [-0.1, -0.05) is 65.2 Å². The molecule has 0 bridgehead atoms. The fourth-order valence-corrected chi connectivity index (χ4v) is 2.71. The highest BCUT2D eigenvalue weighted by Crippen LogP contribution is 2.10. The maximum Gasteiger partial charge on any atom is 0.0614 e. The maximum atomic E-state index is 8.63. The molecular formula is C30H56O3. The van der Waals surface area contributed by atoms with E-state index in [-0.39, 0.29) is 13.2 Å². The SMILES string of the molecule is CC(C)=CCC/C(C)=C/CO.CC(C)=CCC/C(C)=C\CO.CC(C)=CCCC(C)CCO. The second-order valence-corrected chi connectivity index (χ2v) is 9.58. The van der Waals surface area contributed by atoms with Crippen LogP contribution in [0.25, 0.3) is 0 Å². The van der Waals surface area contributed by atoms with Crippen LogP contribution in [0, 0.1) is 5.92 Å². The lowest BCUT2D eigenvalue weighted by Gasteiger charge is -2.06. The standard InChI is InChI=1S/C10H20O.2C10H18O/c3*1-9(2)5-4-6-10(3)7-8-11/h5,10-11H,4,6-8H2,1-3H3;2*5,7,11H,4,6,8H2,1-3H3/b;10-7+;10-7-. The Morgan fingerprint density at radius 2 is 0.909 bits per heavy atom. The van der Waals surface area contributed by atoms with Crippen LogP contribution < -0.4 is 0 Å². The smallest absolute Gasteiger partial charge is 0.0614 e. The molecule has 3 heteroatoms. The van der Waals surface area contributed by atoms with Crippen LogP contribution in [0.3, 0.4) is 0 Å². The highest BCUT2D eigenvalue weighted by atomic mass is 16.3. The minimum absolute atomic E-state index is 0.167. The fourth-order valence-electron chi connectivity index (χ4n) is 2.71. The topological polar surface area (TPSA) is 60.7 Å². The van der Waals surface area contributed by atoms with Gasteiger partial charge in [-0.15, -0.1) is 0 Å². The number of allylic oxidation sites excluding steroid dienone is 8. The lowest BCUT2D eigenvalue weighted by molar-refractivity contribution is 0.259. The first kappa shape index (κ1) is 36.2. The van der Waals surface area contributed by atoms with Crippen LogP contribution in [0.1, 0.15) is 107 Å². The van der Waals surface area contributed by atoms with E-state index >= 15 is 0 Å². The molecule has 0 aliphatic rings. The van der Waals surface area contributed by atoms with E-state index in [2.05, 4.69) is 80.5 Å². The minimum Gasteiger partial charge on any atom is -0.396 e. The Bertz CT molecular complexity index is 542. The molecule has 0 aromatic heterocycles. The molecule has 0 saturated heterocycles. The lowest BCUT2D eigenvalue weighted by atomic mass is 10.0. The van der Waals surface area contributed by atoms with Crippen molar-refractivity contribution in [2.75, 3.05) is 19.8 Å². The van der Waals surface area contributed by atoms with E-state index in [1.807, 2.05) is 12.2 Å². The Kier molecular flexibility index (Phi) is 29.4. The van der Waals surface area contributed by atoms with Gasteiger partial charge in [0, 0.05) is 6.61 Å². The monoisotopic (exact) mass is 464 g/mol. The van der Waals surface area contributed by atoms with Crippen molar-refractivity contribution < 1.29 is 15.3 Å². The van der Waals surface area contributed by atoms with E-state index in [4.69, 9.17) is 15.3 Å². The molecule has 0 aromatic carbocycles. The summed E-state index contributed by atoms with van der Waals surface area (Å²) in [5, 5.41) is 25.7. The van der Waals surface area contributed by atoms with Crippen molar-refractivity contribution >= 4 is 0 Å². The van der Waals surface area contributed by atoms with E-state index in [9.17, 15) is 0 Å². The molecule has 33 heavy (non-hydrogen) atoms. The number of hydrogen-bond donors (Lipinski definition) is 3. The minimum atomic E-state index is 0.167. The Morgan fingerprint density at radius 1 is 0.545 bits per heavy atom. The molecule has 0 radical (unpaired) electrons. The molecule has 194 valence electrons. The van der Waals surface area contributed by atoms with Gasteiger partial charge in [-0.05, 0) is 106 Å². The molecule has 0 aromatic rings. The Morgan fingerprint density at radius 3 is 1.21 bits per heavy atom. The molecule has 0 amide bonds. The molecule has 1 unspecified atom stereocenters. The first-order chi connectivity index (χ1) is 15.5. The highest BCUT2D eigenvalue weighted by Gasteiger charge is 1.98. The summed E-state index contributed by atoms with van der Waals surface area (Å²) >= 11 is 0. The van der Waals surface area contributed by atoms with E-state index in [0.717, 1.165) is 38.5 Å². The predicted octanol–water partition coefficient (Wildman–Crippen LogP) is 8.09. The summed E-state index contributed by atoms with van der Waals surface area (Å²) in [6, 6.07) is 0. The van der Waals surface area contributed by atoms with Crippen molar-refractivity contribution in [3.05, 3.63) is 58.2 Å². The number of hydrogen-bond acceptors (Lipinski definition) is 3. The zero-order valence-electron chi connectivity index (χ0n) is 23.4. The Balaban J connectivity index is -0.000000409. The molecule has 0 aliphatic carbocycles. The lowest BCUT2D eigenvalue weighted by Crippen LogP contribution is -1.96. The summed E-state index contributed by atoms with van der Waals surface area (Å²) in [5.41, 5.74) is 6.65.